The number of hydrogen-bond acceptors (Lipinski definition) is 4. The SMILES string of the molecule is NN(c1ccccc1)c1nc(CF)cc(C2CC2)n1. The van der Waals surface area contributed by atoms with Gasteiger partial charge >= 0.3 is 0 Å². The number of nitrogens with zero attached hydrogens (tertiary/aromatic N) is 3. The van der Waals surface area contributed by atoms with Crippen LogP contribution in [0.5, 0.6) is 0 Å². The summed E-state index contributed by atoms with van der Waals surface area (Å²) in [5.41, 5.74) is 2.06. The molecule has 1 aliphatic carbocycles. The molecule has 1 aliphatic rings. The second kappa shape index (κ2) is 4.93. The van der Waals surface area contributed by atoms with Gasteiger partial charge in [-0.2, -0.15) is 0 Å². The average molecular weight is 258 g/mol. The van der Waals surface area contributed by atoms with Gasteiger partial charge in [0.05, 0.1) is 11.4 Å². The normalized spacial score (nSPS) is 14.4. The standard InChI is InChI=1S/C14H15FN4/c15-9-11-8-13(10-6-7-10)18-14(17-11)19(16)12-4-2-1-3-5-12/h1-5,8,10H,6-7,9,16H2. The number of benzene rings is 1. The highest BCUT2D eigenvalue weighted by molar-refractivity contribution is 5.55. The molecule has 1 aromatic heterocycles. The van der Waals surface area contributed by atoms with Gasteiger partial charge in [0.1, 0.15) is 6.67 Å². The fraction of sp³-hybridized carbons (Fsp3) is 0.286. The Morgan fingerprint density at radius 1 is 1.21 bits per heavy atom. The van der Waals surface area contributed by atoms with E-state index in [-0.39, 0.29) is 0 Å². The first-order valence-electron chi connectivity index (χ1n) is 6.31. The van der Waals surface area contributed by atoms with Crippen LogP contribution in [0, 0.1) is 0 Å². The summed E-state index contributed by atoms with van der Waals surface area (Å²) in [6, 6.07) is 11.1. The highest BCUT2D eigenvalue weighted by Crippen LogP contribution is 2.39. The summed E-state index contributed by atoms with van der Waals surface area (Å²) >= 11 is 0. The van der Waals surface area contributed by atoms with E-state index in [0.29, 0.717) is 17.6 Å². The number of halogens is 1. The van der Waals surface area contributed by atoms with Crippen LogP contribution >= 0.6 is 0 Å². The third-order valence-electron chi connectivity index (χ3n) is 3.17. The number of para-hydroxylation sites is 1. The lowest BCUT2D eigenvalue weighted by molar-refractivity contribution is 0.474. The van der Waals surface area contributed by atoms with Crippen molar-refractivity contribution in [3.63, 3.8) is 0 Å². The van der Waals surface area contributed by atoms with Gasteiger partial charge in [0.15, 0.2) is 0 Å². The predicted octanol–water partition coefficient (Wildman–Crippen LogP) is 2.84. The molecule has 0 unspecified atom stereocenters. The van der Waals surface area contributed by atoms with Crippen molar-refractivity contribution in [2.24, 2.45) is 5.84 Å². The van der Waals surface area contributed by atoms with E-state index < -0.39 is 6.67 Å². The Labute approximate surface area is 111 Å². The van der Waals surface area contributed by atoms with Crippen LogP contribution in [0.4, 0.5) is 16.0 Å². The minimum Gasteiger partial charge on any atom is -0.246 e. The van der Waals surface area contributed by atoms with E-state index in [2.05, 4.69) is 9.97 Å². The number of hydrazine groups is 1. The number of alkyl halides is 1. The number of rotatable bonds is 4. The molecule has 0 atom stereocenters. The van der Waals surface area contributed by atoms with Crippen molar-refractivity contribution < 1.29 is 4.39 Å². The molecule has 1 aromatic carbocycles. The van der Waals surface area contributed by atoms with Crippen molar-refractivity contribution in [2.45, 2.75) is 25.4 Å². The number of nitrogens with two attached hydrogens (primary N) is 1. The van der Waals surface area contributed by atoms with Gasteiger partial charge in [-0.3, -0.25) is 0 Å². The third-order valence-corrected chi connectivity index (χ3v) is 3.17. The van der Waals surface area contributed by atoms with Crippen molar-refractivity contribution >= 4 is 11.6 Å². The minimum absolute atomic E-state index is 0.350. The molecule has 3 rings (SSSR count). The minimum atomic E-state index is -0.599. The van der Waals surface area contributed by atoms with E-state index in [1.54, 1.807) is 6.07 Å². The molecule has 1 saturated carbocycles. The number of aromatic nitrogens is 2. The first kappa shape index (κ1) is 12.0. The van der Waals surface area contributed by atoms with Crippen LogP contribution < -0.4 is 10.9 Å². The molecule has 98 valence electrons. The van der Waals surface area contributed by atoms with Crippen LogP contribution in [-0.4, -0.2) is 9.97 Å². The van der Waals surface area contributed by atoms with Gasteiger partial charge < -0.3 is 0 Å². The molecule has 0 aliphatic heterocycles. The molecule has 0 radical (unpaired) electrons. The number of hydrogen-bond donors (Lipinski definition) is 1. The van der Waals surface area contributed by atoms with Gasteiger partial charge in [0, 0.05) is 11.6 Å². The summed E-state index contributed by atoms with van der Waals surface area (Å²) in [6.07, 6.45) is 2.22. The fourth-order valence-electron chi connectivity index (χ4n) is 1.97. The van der Waals surface area contributed by atoms with E-state index in [1.165, 1.54) is 5.01 Å². The molecular formula is C14H15FN4. The van der Waals surface area contributed by atoms with Crippen LogP contribution in [0.15, 0.2) is 36.4 Å². The Morgan fingerprint density at radius 2 is 1.95 bits per heavy atom. The predicted molar refractivity (Wildman–Crippen MR) is 71.6 cm³/mol. The Hall–Kier alpha value is -2.01. The lowest BCUT2D eigenvalue weighted by Gasteiger charge is -2.17. The average Bonchev–Trinajstić information content (AvgIpc) is 3.31. The summed E-state index contributed by atoms with van der Waals surface area (Å²) < 4.78 is 12.9. The second-order valence-corrected chi connectivity index (χ2v) is 4.70. The van der Waals surface area contributed by atoms with E-state index in [4.69, 9.17) is 5.84 Å². The van der Waals surface area contributed by atoms with Crippen molar-refractivity contribution in [2.75, 3.05) is 5.01 Å². The van der Waals surface area contributed by atoms with E-state index in [1.807, 2.05) is 30.3 Å². The molecule has 0 spiro atoms. The van der Waals surface area contributed by atoms with Crippen molar-refractivity contribution in [1.82, 2.24) is 9.97 Å². The lowest BCUT2D eigenvalue weighted by Crippen LogP contribution is -2.27. The first-order chi connectivity index (χ1) is 9.28. The molecule has 2 N–H and O–H groups in total. The molecule has 0 amide bonds. The maximum atomic E-state index is 12.9. The Balaban J connectivity index is 1.97. The Kier molecular flexibility index (Phi) is 3.13. The summed E-state index contributed by atoms with van der Waals surface area (Å²) in [5.74, 6) is 6.81. The monoisotopic (exact) mass is 258 g/mol. The first-order valence-corrected chi connectivity index (χ1v) is 6.31. The van der Waals surface area contributed by atoms with Crippen LogP contribution in [0.1, 0.15) is 30.1 Å². The zero-order valence-electron chi connectivity index (χ0n) is 10.5. The smallest absolute Gasteiger partial charge is 0.245 e. The van der Waals surface area contributed by atoms with Gasteiger partial charge in [-0.1, -0.05) is 18.2 Å². The zero-order valence-corrected chi connectivity index (χ0v) is 10.5. The van der Waals surface area contributed by atoms with Gasteiger partial charge in [0.2, 0.25) is 5.95 Å². The zero-order chi connectivity index (χ0) is 13.2. The molecule has 4 nitrogen and oxygen atoms in total. The maximum Gasteiger partial charge on any atom is 0.245 e. The molecular weight excluding hydrogens is 243 g/mol. The molecule has 19 heavy (non-hydrogen) atoms. The van der Waals surface area contributed by atoms with E-state index >= 15 is 0 Å². The van der Waals surface area contributed by atoms with Gasteiger partial charge in [-0.25, -0.2) is 25.2 Å². The van der Waals surface area contributed by atoms with Crippen LogP contribution in [0.25, 0.3) is 0 Å². The van der Waals surface area contributed by atoms with E-state index in [9.17, 15) is 4.39 Å². The third kappa shape index (κ3) is 2.56. The van der Waals surface area contributed by atoms with Gasteiger partial charge in [-0.05, 0) is 31.0 Å². The number of anilines is 2. The van der Waals surface area contributed by atoms with Crippen LogP contribution in [-0.2, 0) is 6.67 Å². The van der Waals surface area contributed by atoms with Gasteiger partial charge in [-0.15, -0.1) is 0 Å². The molecule has 0 bridgehead atoms. The molecule has 1 fully saturated rings. The van der Waals surface area contributed by atoms with Crippen LogP contribution in [0.2, 0.25) is 0 Å². The maximum absolute atomic E-state index is 12.9. The summed E-state index contributed by atoms with van der Waals surface area (Å²) in [5, 5.41) is 1.39. The lowest BCUT2D eigenvalue weighted by atomic mass is 10.2. The van der Waals surface area contributed by atoms with Gasteiger partial charge in [0.25, 0.3) is 0 Å². The van der Waals surface area contributed by atoms with E-state index in [0.717, 1.165) is 24.2 Å². The summed E-state index contributed by atoms with van der Waals surface area (Å²) in [7, 11) is 0. The Bertz CT molecular complexity index is 569. The molecule has 2 aromatic rings. The van der Waals surface area contributed by atoms with Crippen LogP contribution in [0.3, 0.4) is 0 Å². The summed E-state index contributed by atoms with van der Waals surface area (Å²) in [4.78, 5) is 8.60. The quantitative estimate of drug-likeness (QED) is 0.676. The molecule has 5 heteroatoms. The van der Waals surface area contributed by atoms with Crippen molar-refractivity contribution in [3.05, 3.63) is 47.8 Å². The largest absolute Gasteiger partial charge is 0.246 e. The summed E-state index contributed by atoms with van der Waals surface area (Å²) in [6.45, 7) is -0.599. The van der Waals surface area contributed by atoms with Crippen molar-refractivity contribution in [3.8, 4) is 0 Å². The van der Waals surface area contributed by atoms with Crippen molar-refractivity contribution in [1.29, 1.82) is 0 Å². The molecule has 1 heterocycles. The topological polar surface area (TPSA) is 55.0 Å². The Morgan fingerprint density at radius 3 is 2.58 bits per heavy atom. The second-order valence-electron chi connectivity index (χ2n) is 4.70. The highest BCUT2D eigenvalue weighted by Gasteiger charge is 2.26. The molecule has 0 saturated heterocycles. The highest BCUT2D eigenvalue weighted by atomic mass is 19.1. The fourth-order valence-corrected chi connectivity index (χ4v) is 1.97.